The minimum atomic E-state index is 0.207. The minimum absolute atomic E-state index is 0.207. The van der Waals surface area contributed by atoms with Gasteiger partial charge in [-0.05, 0) is 19.3 Å². The van der Waals surface area contributed by atoms with Crippen LogP contribution in [0.5, 0.6) is 17.2 Å². The van der Waals surface area contributed by atoms with Gasteiger partial charge in [0.25, 0.3) is 0 Å². The van der Waals surface area contributed by atoms with Crippen LogP contribution in [-0.2, 0) is 0 Å². The van der Waals surface area contributed by atoms with Crippen molar-refractivity contribution >= 4 is 5.69 Å². The number of anilines is 1. The maximum absolute atomic E-state index is 6.07. The van der Waals surface area contributed by atoms with E-state index in [0.29, 0.717) is 23.3 Å². The number of benzene rings is 1. The average Bonchev–Trinajstić information content (AvgIpc) is 2.83. The van der Waals surface area contributed by atoms with Crippen LogP contribution >= 0.6 is 0 Å². The first-order valence-electron chi connectivity index (χ1n) is 6.51. The first-order chi connectivity index (χ1) is 9.19. The van der Waals surface area contributed by atoms with E-state index in [1.807, 2.05) is 12.1 Å². The normalized spacial score (nSPS) is 22.1. The van der Waals surface area contributed by atoms with Gasteiger partial charge in [0.1, 0.15) is 0 Å². The maximum atomic E-state index is 6.07. The van der Waals surface area contributed by atoms with Crippen LogP contribution in [0.1, 0.15) is 19.3 Å². The van der Waals surface area contributed by atoms with Gasteiger partial charge in [0, 0.05) is 29.9 Å². The summed E-state index contributed by atoms with van der Waals surface area (Å²) in [5, 5.41) is 3.45. The molecule has 0 heterocycles. The molecular formula is C14H22N2O3. The lowest BCUT2D eigenvalue weighted by atomic mass is 10.1. The lowest BCUT2D eigenvalue weighted by molar-refractivity contribution is 0.324. The third kappa shape index (κ3) is 2.87. The molecule has 0 saturated heterocycles. The topological polar surface area (TPSA) is 65.7 Å². The highest BCUT2D eigenvalue weighted by Gasteiger charge is 2.24. The molecule has 2 atom stereocenters. The molecule has 1 aliphatic carbocycles. The molecule has 106 valence electrons. The summed E-state index contributed by atoms with van der Waals surface area (Å²) in [6, 6.07) is 4.33. The van der Waals surface area contributed by atoms with Crippen LogP contribution in [0.3, 0.4) is 0 Å². The van der Waals surface area contributed by atoms with E-state index in [9.17, 15) is 0 Å². The lowest BCUT2D eigenvalue weighted by Crippen LogP contribution is -2.35. The summed E-state index contributed by atoms with van der Waals surface area (Å²) in [4.78, 5) is 0. The van der Waals surface area contributed by atoms with Gasteiger partial charge in [-0.2, -0.15) is 0 Å². The molecule has 1 aromatic rings. The molecule has 19 heavy (non-hydrogen) atoms. The predicted molar refractivity (Wildman–Crippen MR) is 75.3 cm³/mol. The van der Waals surface area contributed by atoms with Gasteiger partial charge in [-0.3, -0.25) is 0 Å². The van der Waals surface area contributed by atoms with Gasteiger partial charge in [0.05, 0.1) is 21.3 Å². The summed E-state index contributed by atoms with van der Waals surface area (Å²) in [5.74, 6) is 1.90. The molecule has 2 unspecified atom stereocenters. The number of ether oxygens (including phenoxy) is 3. The van der Waals surface area contributed by atoms with Crippen molar-refractivity contribution in [2.45, 2.75) is 31.3 Å². The molecule has 0 aliphatic heterocycles. The Morgan fingerprint density at radius 2 is 1.68 bits per heavy atom. The van der Waals surface area contributed by atoms with Crippen LogP contribution in [0, 0.1) is 0 Å². The number of hydrogen-bond acceptors (Lipinski definition) is 5. The molecule has 0 amide bonds. The predicted octanol–water partition coefficient (Wildman–Crippen LogP) is 2.00. The highest BCUT2D eigenvalue weighted by molar-refractivity contribution is 5.63. The van der Waals surface area contributed by atoms with E-state index in [2.05, 4.69) is 5.32 Å². The first kappa shape index (κ1) is 13.8. The van der Waals surface area contributed by atoms with Crippen molar-refractivity contribution in [3.05, 3.63) is 12.1 Å². The largest absolute Gasteiger partial charge is 0.493 e. The van der Waals surface area contributed by atoms with Gasteiger partial charge in [-0.25, -0.2) is 0 Å². The van der Waals surface area contributed by atoms with Gasteiger partial charge >= 0.3 is 0 Å². The lowest BCUT2D eigenvalue weighted by Gasteiger charge is -2.20. The zero-order chi connectivity index (χ0) is 13.8. The van der Waals surface area contributed by atoms with Crippen molar-refractivity contribution in [2.75, 3.05) is 26.6 Å². The van der Waals surface area contributed by atoms with Crippen molar-refractivity contribution in [3.63, 3.8) is 0 Å². The van der Waals surface area contributed by atoms with Crippen molar-refractivity contribution in [3.8, 4) is 17.2 Å². The standard InChI is InChI=1S/C14H22N2O3/c1-17-12-7-9(8-13(18-2)14(12)19-3)16-11-6-4-5-10(11)15/h7-8,10-11,16H,4-6,15H2,1-3H3. The Hall–Kier alpha value is -1.62. The van der Waals surface area contributed by atoms with E-state index >= 15 is 0 Å². The van der Waals surface area contributed by atoms with Crippen LogP contribution in [0.4, 0.5) is 5.69 Å². The number of nitrogens with two attached hydrogens (primary N) is 1. The number of methoxy groups -OCH3 is 3. The third-order valence-electron chi connectivity index (χ3n) is 3.59. The highest BCUT2D eigenvalue weighted by atomic mass is 16.5. The van der Waals surface area contributed by atoms with Crippen molar-refractivity contribution in [1.29, 1.82) is 0 Å². The fraction of sp³-hybridized carbons (Fsp3) is 0.571. The van der Waals surface area contributed by atoms with Crippen LogP contribution in [0.15, 0.2) is 12.1 Å². The molecule has 0 aromatic heterocycles. The van der Waals surface area contributed by atoms with Gasteiger partial charge in [-0.15, -0.1) is 0 Å². The Morgan fingerprint density at radius 3 is 2.11 bits per heavy atom. The summed E-state index contributed by atoms with van der Waals surface area (Å²) in [6.45, 7) is 0. The number of hydrogen-bond donors (Lipinski definition) is 2. The summed E-state index contributed by atoms with van der Waals surface area (Å²) in [7, 11) is 4.82. The van der Waals surface area contributed by atoms with E-state index in [0.717, 1.165) is 18.5 Å². The SMILES string of the molecule is COc1cc(NC2CCCC2N)cc(OC)c1OC. The van der Waals surface area contributed by atoms with E-state index in [1.54, 1.807) is 21.3 Å². The van der Waals surface area contributed by atoms with Crippen LogP contribution in [0.25, 0.3) is 0 Å². The summed E-state index contributed by atoms with van der Waals surface area (Å²) in [6.07, 6.45) is 3.34. The third-order valence-corrected chi connectivity index (χ3v) is 3.59. The van der Waals surface area contributed by atoms with E-state index in [-0.39, 0.29) is 6.04 Å². The average molecular weight is 266 g/mol. The second-order valence-electron chi connectivity index (χ2n) is 4.76. The monoisotopic (exact) mass is 266 g/mol. The summed E-state index contributed by atoms with van der Waals surface area (Å²) < 4.78 is 16.0. The Bertz CT molecular complexity index is 412. The Labute approximate surface area is 114 Å². The smallest absolute Gasteiger partial charge is 0.203 e. The summed E-state index contributed by atoms with van der Waals surface area (Å²) in [5.41, 5.74) is 7.02. The van der Waals surface area contributed by atoms with Gasteiger partial charge in [0.2, 0.25) is 5.75 Å². The molecule has 3 N–H and O–H groups in total. The zero-order valence-corrected chi connectivity index (χ0v) is 11.7. The second-order valence-corrected chi connectivity index (χ2v) is 4.76. The molecule has 1 aliphatic rings. The van der Waals surface area contributed by atoms with Crippen LogP contribution in [-0.4, -0.2) is 33.4 Å². The highest BCUT2D eigenvalue weighted by Crippen LogP contribution is 2.40. The van der Waals surface area contributed by atoms with Gasteiger partial charge in [0.15, 0.2) is 11.5 Å². The fourth-order valence-electron chi connectivity index (χ4n) is 2.55. The Balaban J connectivity index is 2.25. The molecular weight excluding hydrogens is 244 g/mol. The molecule has 5 nitrogen and oxygen atoms in total. The maximum Gasteiger partial charge on any atom is 0.203 e. The second kappa shape index (κ2) is 6.02. The molecule has 0 bridgehead atoms. The van der Waals surface area contributed by atoms with Crippen molar-refractivity contribution < 1.29 is 14.2 Å². The molecule has 1 saturated carbocycles. The van der Waals surface area contributed by atoms with Gasteiger partial charge in [-0.1, -0.05) is 0 Å². The van der Waals surface area contributed by atoms with E-state index in [1.165, 1.54) is 6.42 Å². The van der Waals surface area contributed by atoms with Gasteiger partial charge < -0.3 is 25.3 Å². The van der Waals surface area contributed by atoms with Crippen molar-refractivity contribution in [1.82, 2.24) is 0 Å². The molecule has 0 radical (unpaired) electrons. The fourth-order valence-corrected chi connectivity index (χ4v) is 2.55. The number of rotatable bonds is 5. The molecule has 5 heteroatoms. The summed E-state index contributed by atoms with van der Waals surface area (Å²) >= 11 is 0. The quantitative estimate of drug-likeness (QED) is 0.853. The molecule has 2 rings (SSSR count). The minimum Gasteiger partial charge on any atom is -0.493 e. The van der Waals surface area contributed by atoms with E-state index in [4.69, 9.17) is 19.9 Å². The first-order valence-corrected chi connectivity index (χ1v) is 6.51. The molecule has 0 spiro atoms. The Kier molecular flexibility index (Phi) is 4.37. The van der Waals surface area contributed by atoms with Crippen LogP contribution in [0.2, 0.25) is 0 Å². The van der Waals surface area contributed by atoms with E-state index < -0.39 is 0 Å². The molecule has 1 fully saturated rings. The van der Waals surface area contributed by atoms with Crippen LogP contribution < -0.4 is 25.3 Å². The number of nitrogens with one attached hydrogen (secondary N) is 1. The Morgan fingerprint density at radius 1 is 1.05 bits per heavy atom. The zero-order valence-electron chi connectivity index (χ0n) is 11.7. The molecule has 1 aromatic carbocycles. The van der Waals surface area contributed by atoms with Crippen molar-refractivity contribution in [2.24, 2.45) is 5.73 Å².